The molecular weight excluding hydrogens is 315 g/mol. The predicted molar refractivity (Wildman–Crippen MR) is 61.1 cm³/mol. The number of ether oxygens (including phenoxy) is 1. The lowest BCUT2D eigenvalue weighted by Crippen LogP contribution is -2.41. The van der Waals surface area contributed by atoms with Crippen molar-refractivity contribution in [1.82, 2.24) is 9.55 Å². The van der Waals surface area contributed by atoms with Crippen LogP contribution in [-0.4, -0.2) is 43.2 Å². The second kappa shape index (κ2) is 4.57. The van der Waals surface area contributed by atoms with Crippen molar-refractivity contribution < 1.29 is 19.3 Å². The van der Waals surface area contributed by atoms with Gasteiger partial charge < -0.3 is 14.9 Å². The van der Waals surface area contributed by atoms with Crippen LogP contribution in [-0.2, 0) is 4.74 Å². The summed E-state index contributed by atoms with van der Waals surface area (Å²) in [6.45, 7) is -0.604. The van der Waals surface area contributed by atoms with E-state index in [1.807, 2.05) is 4.98 Å². The Morgan fingerprint density at radius 1 is 1.61 bits per heavy atom. The molecule has 9 heteroatoms. The lowest BCUT2D eigenvalue weighted by molar-refractivity contribution is -0.0506. The number of aliphatic hydroxyl groups excluding tert-OH is 2. The van der Waals surface area contributed by atoms with Crippen molar-refractivity contribution in [1.29, 1.82) is 0 Å². The van der Waals surface area contributed by atoms with Crippen molar-refractivity contribution >= 4 is 15.9 Å². The van der Waals surface area contributed by atoms with Crippen molar-refractivity contribution in [3.05, 3.63) is 33.1 Å². The molecule has 1 aliphatic heterocycles. The average Bonchev–Trinajstić information content (AvgIpc) is 2.52. The van der Waals surface area contributed by atoms with Crippen LogP contribution in [0.3, 0.4) is 0 Å². The third-order valence-electron chi connectivity index (χ3n) is 2.66. The largest absolute Gasteiger partial charge is 0.394 e. The lowest BCUT2D eigenvalue weighted by atomic mass is 10.1. The first-order chi connectivity index (χ1) is 8.37. The number of alkyl halides is 2. The van der Waals surface area contributed by atoms with Crippen molar-refractivity contribution in [2.24, 2.45) is 0 Å². The number of nitrogens with zero attached hydrogens (tertiary/aromatic N) is 1. The number of H-pyrrole nitrogens is 1. The molecular formula is C9H10BrFN2O5. The van der Waals surface area contributed by atoms with Crippen LogP contribution in [0.15, 0.2) is 21.9 Å². The normalized spacial score (nSPS) is 35.9. The number of halogens is 2. The second-order valence-electron chi connectivity index (χ2n) is 3.85. The van der Waals surface area contributed by atoms with Crippen LogP contribution >= 0.6 is 15.9 Å². The molecule has 0 saturated carbocycles. The number of aromatic nitrogens is 2. The molecule has 0 radical (unpaired) electrons. The van der Waals surface area contributed by atoms with Crippen LogP contribution in [0.4, 0.5) is 4.39 Å². The summed E-state index contributed by atoms with van der Waals surface area (Å²) in [6, 6.07) is 1.02. The van der Waals surface area contributed by atoms with E-state index in [2.05, 4.69) is 15.9 Å². The molecule has 2 heterocycles. The summed E-state index contributed by atoms with van der Waals surface area (Å²) in [5, 5.41) is 18.5. The quantitative estimate of drug-likeness (QED) is 0.596. The number of rotatable bonds is 2. The number of aliphatic hydroxyl groups is 2. The van der Waals surface area contributed by atoms with Crippen LogP contribution in [0.5, 0.6) is 0 Å². The number of nitrogens with one attached hydrogen (secondary N) is 1. The molecule has 0 bridgehead atoms. The van der Waals surface area contributed by atoms with E-state index >= 15 is 0 Å². The van der Waals surface area contributed by atoms with Gasteiger partial charge in [-0.05, 0) is 15.9 Å². The Hall–Kier alpha value is -1.03. The van der Waals surface area contributed by atoms with E-state index < -0.39 is 40.9 Å². The zero-order valence-electron chi connectivity index (χ0n) is 8.92. The molecule has 100 valence electrons. The fraction of sp³-hybridized carbons (Fsp3) is 0.556. The Morgan fingerprint density at radius 2 is 2.28 bits per heavy atom. The van der Waals surface area contributed by atoms with E-state index in [0.717, 1.165) is 16.8 Å². The van der Waals surface area contributed by atoms with Gasteiger partial charge in [0.25, 0.3) is 5.56 Å². The molecule has 1 aliphatic rings. The summed E-state index contributed by atoms with van der Waals surface area (Å²) in [7, 11) is 0. The second-order valence-corrected chi connectivity index (χ2v) is 5.06. The summed E-state index contributed by atoms with van der Waals surface area (Å²) in [6.07, 6.45) is -3.26. The number of hydrogen-bond donors (Lipinski definition) is 3. The van der Waals surface area contributed by atoms with Crippen LogP contribution < -0.4 is 11.2 Å². The molecule has 2 rings (SSSR count). The predicted octanol–water partition coefficient (Wildman–Crippen LogP) is -1.15. The number of aromatic amines is 1. The molecule has 18 heavy (non-hydrogen) atoms. The van der Waals surface area contributed by atoms with E-state index in [9.17, 15) is 19.1 Å². The maximum atomic E-state index is 14.3. The molecule has 1 saturated heterocycles. The third-order valence-corrected chi connectivity index (χ3v) is 3.52. The molecule has 3 N–H and O–H groups in total. The monoisotopic (exact) mass is 324 g/mol. The van der Waals surface area contributed by atoms with E-state index in [1.165, 1.54) is 0 Å². The van der Waals surface area contributed by atoms with E-state index in [4.69, 9.17) is 9.84 Å². The Labute approximate surface area is 108 Å². The van der Waals surface area contributed by atoms with E-state index in [1.54, 1.807) is 0 Å². The summed E-state index contributed by atoms with van der Waals surface area (Å²) in [4.78, 5) is 24.4. The van der Waals surface area contributed by atoms with Crippen molar-refractivity contribution in [2.75, 3.05) is 6.61 Å². The molecule has 0 aromatic carbocycles. The highest BCUT2D eigenvalue weighted by molar-refractivity contribution is 9.10. The van der Waals surface area contributed by atoms with Gasteiger partial charge in [-0.15, -0.1) is 0 Å². The highest BCUT2D eigenvalue weighted by Gasteiger charge is 2.56. The Bertz CT molecular complexity index is 556. The van der Waals surface area contributed by atoms with E-state index in [0.29, 0.717) is 0 Å². The van der Waals surface area contributed by atoms with Gasteiger partial charge >= 0.3 is 5.69 Å². The molecule has 4 atom stereocenters. The van der Waals surface area contributed by atoms with Gasteiger partial charge in [-0.25, -0.2) is 9.18 Å². The van der Waals surface area contributed by atoms with Gasteiger partial charge in [0.05, 0.1) is 6.61 Å². The Balaban J connectivity index is 2.45. The Morgan fingerprint density at radius 3 is 2.78 bits per heavy atom. The third kappa shape index (κ3) is 2.03. The summed E-state index contributed by atoms with van der Waals surface area (Å²) >= 11 is 2.64. The summed E-state index contributed by atoms with van der Waals surface area (Å²) in [5.41, 5.74) is -1.51. The maximum absolute atomic E-state index is 14.3. The minimum absolute atomic E-state index is 0.604. The Kier molecular flexibility index (Phi) is 3.41. The minimum atomic E-state index is -2.44. The standard InChI is InChI=1S/C9H10BrFN2O5/c10-9(11)6(16)4(3-14)18-7(9)13-2-1-5(15)12-8(13)17/h1-2,4,6-7,14,16H,3H2,(H,12,15,17)/t4-,6-,7-,9+/m1/s1. The minimum Gasteiger partial charge on any atom is -0.394 e. The summed E-state index contributed by atoms with van der Waals surface area (Å²) < 4.78 is 17.7. The van der Waals surface area contributed by atoms with Gasteiger partial charge in [-0.2, -0.15) is 0 Å². The van der Waals surface area contributed by atoms with Crippen LogP contribution in [0.1, 0.15) is 6.23 Å². The van der Waals surface area contributed by atoms with Gasteiger partial charge in [-0.3, -0.25) is 14.3 Å². The first-order valence-corrected chi connectivity index (χ1v) is 5.81. The van der Waals surface area contributed by atoms with Crippen molar-refractivity contribution in [3.8, 4) is 0 Å². The van der Waals surface area contributed by atoms with Gasteiger partial charge in [0, 0.05) is 12.3 Å². The van der Waals surface area contributed by atoms with E-state index in [-0.39, 0.29) is 0 Å². The zero-order chi connectivity index (χ0) is 13.5. The van der Waals surface area contributed by atoms with Gasteiger partial charge in [0.2, 0.25) is 4.58 Å². The van der Waals surface area contributed by atoms with Crippen molar-refractivity contribution in [3.63, 3.8) is 0 Å². The fourth-order valence-corrected chi connectivity index (χ4v) is 2.35. The fourth-order valence-electron chi connectivity index (χ4n) is 1.73. The maximum Gasteiger partial charge on any atom is 0.330 e. The van der Waals surface area contributed by atoms with Crippen LogP contribution in [0.25, 0.3) is 0 Å². The molecule has 0 unspecified atom stereocenters. The number of hydrogen-bond acceptors (Lipinski definition) is 5. The van der Waals surface area contributed by atoms with Gasteiger partial charge in [0.1, 0.15) is 12.2 Å². The lowest BCUT2D eigenvalue weighted by Gasteiger charge is -2.22. The smallest absolute Gasteiger partial charge is 0.330 e. The highest BCUT2D eigenvalue weighted by Crippen LogP contribution is 2.45. The molecule has 1 aromatic heterocycles. The van der Waals surface area contributed by atoms with Crippen molar-refractivity contribution in [2.45, 2.75) is 23.0 Å². The SMILES string of the molecule is O=c1ccn([C@@H]2O[C@H](CO)[C@@H](O)[C@@]2(F)Br)c(=O)[nH]1. The van der Waals surface area contributed by atoms with Gasteiger partial charge in [0.15, 0.2) is 6.23 Å². The topological polar surface area (TPSA) is 105 Å². The molecule has 0 spiro atoms. The molecule has 0 amide bonds. The average molecular weight is 325 g/mol. The summed E-state index contributed by atoms with van der Waals surface area (Å²) in [5.74, 6) is 0. The zero-order valence-corrected chi connectivity index (χ0v) is 10.5. The molecule has 1 aromatic rings. The first kappa shape index (κ1) is 13.4. The molecule has 0 aliphatic carbocycles. The molecule has 1 fully saturated rings. The van der Waals surface area contributed by atoms with Crippen LogP contribution in [0, 0.1) is 0 Å². The van der Waals surface area contributed by atoms with Crippen LogP contribution in [0.2, 0.25) is 0 Å². The van der Waals surface area contributed by atoms with Gasteiger partial charge in [-0.1, -0.05) is 0 Å². The first-order valence-electron chi connectivity index (χ1n) is 5.01. The highest BCUT2D eigenvalue weighted by atomic mass is 79.9. The molecule has 7 nitrogen and oxygen atoms in total.